The third-order valence-corrected chi connectivity index (χ3v) is 3.94. The molecule has 2 heteroatoms. The van der Waals surface area contributed by atoms with Crippen LogP contribution in [0.5, 0.6) is 0 Å². The van der Waals surface area contributed by atoms with Crippen LogP contribution in [0.4, 0.5) is 4.39 Å². The predicted octanol–water partition coefficient (Wildman–Crippen LogP) is 4.42. The topological polar surface area (TPSA) is 12.0 Å². The molecule has 0 spiro atoms. The van der Waals surface area contributed by atoms with Crippen LogP contribution in [0.3, 0.4) is 0 Å². The highest BCUT2D eigenvalue weighted by Crippen LogP contribution is 2.24. The summed E-state index contributed by atoms with van der Waals surface area (Å²) in [7, 11) is 0. The van der Waals surface area contributed by atoms with Gasteiger partial charge in [0.25, 0.3) is 0 Å². The Morgan fingerprint density at radius 2 is 1.68 bits per heavy atom. The maximum atomic E-state index is 13.8. The highest BCUT2D eigenvalue weighted by atomic mass is 19.1. The molecule has 0 amide bonds. The fourth-order valence-corrected chi connectivity index (χ4v) is 2.69. The molecule has 0 aliphatic heterocycles. The molecule has 0 saturated carbocycles. The molecule has 1 nitrogen and oxygen atoms in total. The third kappa shape index (κ3) is 5.32. The van der Waals surface area contributed by atoms with E-state index in [-0.39, 0.29) is 5.82 Å². The highest BCUT2D eigenvalue weighted by molar-refractivity contribution is 5.18. The van der Waals surface area contributed by atoms with E-state index in [1.807, 2.05) is 12.1 Å². The first-order valence-electron chi connectivity index (χ1n) is 7.55. The van der Waals surface area contributed by atoms with Crippen LogP contribution in [0, 0.1) is 17.7 Å². The SMILES string of the molecule is CCC(CC)C(CNC(C)C)Cc1ccccc1F. The van der Waals surface area contributed by atoms with Crippen LogP contribution < -0.4 is 5.32 Å². The van der Waals surface area contributed by atoms with Gasteiger partial charge in [-0.3, -0.25) is 0 Å². The van der Waals surface area contributed by atoms with E-state index in [0.29, 0.717) is 17.9 Å². The Labute approximate surface area is 117 Å². The summed E-state index contributed by atoms with van der Waals surface area (Å²) >= 11 is 0. The number of nitrogens with one attached hydrogen (secondary N) is 1. The first-order valence-corrected chi connectivity index (χ1v) is 7.55. The normalized spacial score (nSPS) is 13.2. The lowest BCUT2D eigenvalue weighted by Gasteiger charge is -2.27. The van der Waals surface area contributed by atoms with Gasteiger partial charge in [0.15, 0.2) is 0 Å². The standard InChI is InChI=1S/C17H28FN/c1-5-14(6-2)16(12-19-13(3)4)11-15-9-7-8-10-17(15)18/h7-10,13-14,16,19H,5-6,11-12H2,1-4H3. The molecule has 1 N–H and O–H groups in total. The average Bonchev–Trinajstić information content (AvgIpc) is 2.39. The van der Waals surface area contributed by atoms with Crippen molar-refractivity contribution in [2.75, 3.05) is 6.54 Å². The minimum atomic E-state index is -0.0667. The highest BCUT2D eigenvalue weighted by Gasteiger charge is 2.20. The molecule has 0 aliphatic carbocycles. The quantitative estimate of drug-likeness (QED) is 0.733. The van der Waals surface area contributed by atoms with Crippen molar-refractivity contribution >= 4 is 0 Å². The minimum absolute atomic E-state index is 0.0667. The zero-order chi connectivity index (χ0) is 14.3. The number of rotatable bonds is 8. The van der Waals surface area contributed by atoms with Crippen LogP contribution in [0.1, 0.15) is 46.1 Å². The smallest absolute Gasteiger partial charge is 0.126 e. The first-order chi connectivity index (χ1) is 9.08. The molecule has 0 fully saturated rings. The zero-order valence-corrected chi connectivity index (χ0v) is 12.7. The maximum absolute atomic E-state index is 13.8. The lowest BCUT2D eigenvalue weighted by Crippen LogP contribution is -2.33. The van der Waals surface area contributed by atoms with Crippen molar-refractivity contribution in [1.82, 2.24) is 5.32 Å². The Morgan fingerprint density at radius 3 is 2.21 bits per heavy atom. The van der Waals surface area contributed by atoms with E-state index in [2.05, 4.69) is 33.0 Å². The van der Waals surface area contributed by atoms with E-state index in [9.17, 15) is 4.39 Å². The largest absolute Gasteiger partial charge is 0.314 e. The molecule has 0 radical (unpaired) electrons. The molecular weight excluding hydrogens is 237 g/mol. The second-order valence-corrected chi connectivity index (χ2v) is 5.70. The van der Waals surface area contributed by atoms with E-state index < -0.39 is 0 Å². The number of halogens is 1. The van der Waals surface area contributed by atoms with Crippen LogP contribution in [0.15, 0.2) is 24.3 Å². The van der Waals surface area contributed by atoms with Gasteiger partial charge >= 0.3 is 0 Å². The van der Waals surface area contributed by atoms with Gasteiger partial charge in [0.05, 0.1) is 0 Å². The monoisotopic (exact) mass is 265 g/mol. The van der Waals surface area contributed by atoms with Crippen LogP contribution in [-0.4, -0.2) is 12.6 Å². The summed E-state index contributed by atoms with van der Waals surface area (Å²) in [6, 6.07) is 7.66. The predicted molar refractivity (Wildman–Crippen MR) is 80.8 cm³/mol. The van der Waals surface area contributed by atoms with E-state index in [1.54, 1.807) is 12.1 Å². The van der Waals surface area contributed by atoms with Gasteiger partial charge in [-0.05, 0) is 36.4 Å². The molecule has 0 heterocycles. The molecule has 1 rings (SSSR count). The Hall–Kier alpha value is -0.890. The molecule has 0 saturated heterocycles. The average molecular weight is 265 g/mol. The Bertz CT molecular complexity index is 358. The second-order valence-electron chi connectivity index (χ2n) is 5.70. The summed E-state index contributed by atoms with van der Waals surface area (Å²) in [5, 5.41) is 3.51. The Balaban J connectivity index is 2.75. The first kappa shape index (κ1) is 16.2. The van der Waals surface area contributed by atoms with Crippen molar-refractivity contribution in [3.63, 3.8) is 0 Å². The van der Waals surface area contributed by atoms with Crippen molar-refractivity contribution < 1.29 is 4.39 Å². The summed E-state index contributed by atoms with van der Waals surface area (Å²) in [4.78, 5) is 0. The zero-order valence-electron chi connectivity index (χ0n) is 12.7. The molecule has 19 heavy (non-hydrogen) atoms. The van der Waals surface area contributed by atoms with Gasteiger partial charge in [0.2, 0.25) is 0 Å². The van der Waals surface area contributed by atoms with Crippen LogP contribution >= 0.6 is 0 Å². The van der Waals surface area contributed by atoms with E-state index in [4.69, 9.17) is 0 Å². The fraction of sp³-hybridized carbons (Fsp3) is 0.647. The lowest BCUT2D eigenvalue weighted by atomic mass is 9.83. The lowest BCUT2D eigenvalue weighted by molar-refractivity contribution is 0.289. The van der Waals surface area contributed by atoms with Crippen molar-refractivity contribution in [2.24, 2.45) is 11.8 Å². The van der Waals surface area contributed by atoms with Crippen molar-refractivity contribution in [2.45, 2.75) is 53.0 Å². The van der Waals surface area contributed by atoms with Crippen LogP contribution in [0.25, 0.3) is 0 Å². The molecule has 0 bridgehead atoms. The van der Waals surface area contributed by atoms with Gasteiger partial charge < -0.3 is 5.32 Å². The molecule has 1 unspecified atom stereocenters. The van der Waals surface area contributed by atoms with Crippen molar-refractivity contribution in [3.05, 3.63) is 35.6 Å². The third-order valence-electron chi connectivity index (χ3n) is 3.94. The molecular formula is C17H28FN. The van der Waals surface area contributed by atoms with E-state index >= 15 is 0 Å². The maximum Gasteiger partial charge on any atom is 0.126 e. The summed E-state index contributed by atoms with van der Waals surface area (Å²) in [6.45, 7) is 9.76. The number of benzene rings is 1. The van der Waals surface area contributed by atoms with Crippen LogP contribution in [-0.2, 0) is 6.42 Å². The minimum Gasteiger partial charge on any atom is -0.314 e. The molecule has 108 valence electrons. The number of hydrogen-bond donors (Lipinski definition) is 1. The summed E-state index contributed by atoms with van der Waals surface area (Å²) in [5.74, 6) is 1.10. The van der Waals surface area contributed by atoms with E-state index in [1.165, 1.54) is 0 Å². The Morgan fingerprint density at radius 1 is 1.05 bits per heavy atom. The van der Waals surface area contributed by atoms with Gasteiger partial charge in [-0.25, -0.2) is 4.39 Å². The summed E-state index contributed by atoms with van der Waals surface area (Å²) in [5.41, 5.74) is 0.852. The Kier molecular flexibility index (Phi) is 7.07. The van der Waals surface area contributed by atoms with Gasteiger partial charge in [-0.2, -0.15) is 0 Å². The summed E-state index contributed by atoms with van der Waals surface area (Å²) < 4.78 is 13.8. The molecule has 1 atom stereocenters. The van der Waals surface area contributed by atoms with Gasteiger partial charge in [0, 0.05) is 6.04 Å². The van der Waals surface area contributed by atoms with Crippen LogP contribution in [0.2, 0.25) is 0 Å². The summed E-state index contributed by atoms with van der Waals surface area (Å²) in [6.07, 6.45) is 3.16. The fourth-order valence-electron chi connectivity index (χ4n) is 2.69. The molecule has 1 aromatic rings. The van der Waals surface area contributed by atoms with E-state index in [0.717, 1.165) is 31.4 Å². The molecule has 0 aliphatic rings. The van der Waals surface area contributed by atoms with Gasteiger partial charge in [0.1, 0.15) is 5.82 Å². The van der Waals surface area contributed by atoms with Gasteiger partial charge in [-0.1, -0.05) is 58.7 Å². The van der Waals surface area contributed by atoms with Gasteiger partial charge in [-0.15, -0.1) is 0 Å². The molecule has 0 aromatic heterocycles. The van der Waals surface area contributed by atoms with Crippen molar-refractivity contribution in [3.8, 4) is 0 Å². The number of hydrogen-bond acceptors (Lipinski definition) is 1. The van der Waals surface area contributed by atoms with Crippen molar-refractivity contribution in [1.29, 1.82) is 0 Å². The molecule has 1 aromatic carbocycles. The second kappa shape index (κ2) is 8.31.